The van der Waals surface area contributed by atoms with Gasteiger partial charge < -0.3 is 4.74 Å². The minimum atomic E-state index is 0.216. The van der Waals surface area contributed by atoms with E-state index in [0.717, 1.165) is 24.2 Å². The SMILES string of the molecule is CC(C)N1CCOC(c2cccc(Br)c2)C1. The first-order valence-corrected chi connectivity index (χ1v) is 6.57. The molecule has 0 bridgehead atoms. The molecule has 0 spiro atoms. The molecule has 0 aliphatic carbocycles. The number of hydrogen-bond donors (Lipinski definition) is 0. The van der Waals surface area contributed by atoms with E-state index >= 15 is 0 Å². The Kier molecular flexibility index (Phi) is 4.00. The van der Waals surface area contributed by atoms with Crippen LogP contribution in [0, 0.1) is 0 Å². The van der Waals surface area contributed by atoms with Crippen molar-refractivity contribution in [3.63, 3.8) is 0 Å². The summed E-state index contributed by atoms with van der Waals surface area (Å²) in [4.78, 5) is 2.47. The van der Waals surface area contributed by atoms with Gasteiger partial charge in [0, 0.05) is 23.6 Å². The van der Waals surface area contributed by atoms with E-state index in [4.69, 9.17) is 4.74 Å². The summed E-state index contributed by atoms with van der Waals surface area (Å²) in [6.45, 7) is 7.35. The van der Waals surface area contributed by atoms with Gasteiger partial charge in [0.1, 0.15) is 0 Å². The molecule has 1 aliphatic heterocycles. The summed E-state index contributed by atoms with van der Waals surface area (Å²) in [6, 6.07) is 9.00. The second-order valence-corrected chi connectivity index (χ2v) is 5.42. The maximum atomic E-state index is 5.84. The maximum Gasteiger partial charge on any atom is 0.0952 e. The number of nitrogens with zero attached hydrogens (tertiary/aromatic N) is 1. The van der Waals surface area contributed by atoms with Crippen molar-refractivity contribution in [2.75, 3.05) is 19.7 Å². The monoisotopic (exact) mass is 283 g/mol. The molecule has 1 atom stereocenters. The first-order chi connectivity index (χ1) is 7.66. The number of ether oxygens (including phenoxy) is 1. The van der Waals surface area contributed by atoms with Gasteiger partial charge in [-0.1, -0.05) is 28.1 Å². The molecule has 0 saturated carbocycles. The normalized spacial score (nSPS) is 22.6. The summed E-state index contributed by atoms with van der Waals surface area (Å²) >= 11 is 3.50. The molecule has 0 radical (unpaired) electrons. The zero-order valence-corrected chi connectivity index (χ0v) is 11.4. The molecule has 1 aromatic carbocycles. The van der Waals surface area contributed by atoms with Crippen LogP contribution in [-0.2, 0) is 4.74 Å². The summed E-state index contributed by atoms with van der Waals surface area (Å²) in [5.41, 5.74) is 1.26. The minimum absolute atomic E-state index is 0.216. The van der Waals surface area contributed by atoms with E-state index in [1.807, 2.05) is 6.07 Å². The van der Waals surface area contributed by atoms with Crippen LogP contribution in [0.15, 0.2) is 28.7 Å². The summed E-state index contributed by atoms with van der Waals surface area (Å²) in [6.07, 6.45) is 0.216. The van der Waals surface area contributed by atoms with E-state index in [0.29, 0.717) is 6.04 Å². The van der Waals surface area contributed by atoms with Crippen LogP contribution in [0.5, 0.6) is 0 Å². The van der Waals surface area contributed by atoms with Crippen LogP contribution in [0.25, 0.3) is 0 Å². The van der Waals surface area contributed by atoms with Crippen molar-refractivity contribution in [1.82, 2.24) is 4.90 Å². The lowest BCUT2D eigenvalue weighted by Crippen LogP contribution is -2.42. The van der Waals surface area contributed by atoms with Crippen LogP contribution in [0.1, 0.15) is 25.5 Å². The van der Waals surface area contributed by atoms with Gasteiger partial charge in [-0.3, -0.25) is 4.90 Å². The van der Waals surface area contributed by atoms with Crippen molar-refractivity contribution < 1.29 is 4.74 Å². The largest absolute Gasteiger partial charge is 0.371 e. The Morgan fingerprint density at radius 2 is 2.25 bits per heavy atom. The Morgan fingerprint density at radius 3 is 2.94 bits per heavy atom. The first-order valence-electron chi connectivity index (χ1n) is 5.78. The highest BCUT2D eigenvalue weighted by molar-refractivity contribution is 9.10. The van der Waals surface area contributed by atoms with Gasteiger partial charge in [-0.15, -0.1) is 0 Å². The molecule has 1 aromatic rings. The zero-order chi connectivity index (χ0) is 11.5. The second kappa shape index (κ2) is 5.30. The molecule has 0 N–H and O–H groups in total. The van der Waals surface area contributed by atoms with Crippen LogP contribution in [0.2, 0.25) is 0 Å². The molecule has 1 saturated heterocycles. The number of morpholine rings is 1. The predicted octanol–water partition coefficient (Wildman–Crippen LogP) is 3.23. The lowest BCUT2D eigenvalue weighted by Gasteiger charge is -2.35. The number of rotatable bonds is 2. The molecular formula is C13H18BrNO. The fraction of sp³-hybridized carbons (Fsp3) is 0.538. The molecule has 2 rings (SSSR count). The van der Waals surface area contributed by atoms with Gasteiger partial charge in [0.25, 0.3) is 0 Å². The topological polar surface area (TPSA) is 12.5 Å². The molecule has 16 heavy (non-hydrogen) atoms. The van der Waals surface area contributed by atoms with Crippen molar-refractivity contribution >= 4 is 15.9 Å². The van der Waals surface area contributed by atoms with Crippen molar-refractivity contribution in [2.24, 2.45) is 0 Å². The van der Waals surface area contributed by atoms with E-state index in [-0.39, 0.29) is 6.10 Å². The zero-order valence-electron chi connectivity index (χ0n) is 9.82. The first kappa shape index (κ1) is 12.1. The van der Waals surface area contributed by atoms with E-state index < -0.39 is 0 Å². The highest BCUT2D eigenvalue weighted by Crippen LogP contribution is 2.25. The Labute approximate surface area is 106 Å². The maximum absolute atomic E-state index is 5.84. The molecule has 88 valence electrons. The van der Waals surface area contributed by atoms with Crippen molar-refractivity contribution in [2.45, 2.75) is 26.0 Å². The van der Waals surface area contributed by atoms with Gasteiger partial charge >= 0.3 is 0 Å². The lowest BCUT2D eigenvalue weighted by atomic mass is 10.1. The van der Waals surface area contributed by atoms with E-state index in [1.54, 1.807) is 0 Å². The standard InChI is InChI=1S/C13H18BrNO/c1-10(2)15-6-7-16-13(9-15)11-4-3-5-12(14)8-11/h3-5,8,10,13H,6-7,9H2,1-2H3. The Morgan fingerprint density at radius 1 is 1.44 bits per heavy atom. The van der Waals surface area contributed by atoms with Gasteiger partial charge in [0.2, 0.25) is 0 Å². The summed E-state index contributed by atoms with van der Waals surface area (Å²) in [5.74, 6) is 0. The van der Waals surface area contributed by atoms with E-state index in [2.05, 4.69) is 52.9 Å². The molecule has 0 aromatic heterocycles. The number of benzene rings is 1. The fourth-order valence-electron chi connectivity index (χ4n) is 2.05. The van der Waals surface area contributed by atoms with E-state index in [1.165, 1.54) is 5.56 Å². The average molecular weight is 284 g/mol. The third-order valence-corrected chi connectivity index (χ3v) is 3.54. The van der Waals surface area contributed by atoms with Crippen molar-refractivity contribution in [3.05, 3.63) is 34.3 Å². The van der Waals surface area contributed by atoms with Crippen LogP contribution in [0.4, 0.5) is 0 Å². The number of halogens is 1. The fourth-order valence-corrected chi connectivity index (χ4v) is 2.46. The third kappa shape index (κ3) is 2.84. The van der Waals surface area contributed by atoms with Gasteiger partial charge in [-0.25, -0.2) is 0 Å². The minimum Gasteiger partial charge on any atom is -0.371 e. The third-order valence-electron chi connectivity index (χ3n) is 3.05. The van der Waals surface area contributed by atoms with Gasteiger partial charge in [0.15, 0.2) is 0 Å². The molecular weight excluding hydrogens is 266 g/mol. The van der Waals surface area contributed by atoms with Gasteiger partial charge in [-0.05, 0) is 31.5 Å². The van der Waals surface area contributed by atoms with Crippen molar-refractivity contribution in [1.29, 1.82) is 0 Å². The highest BCUT2D eigenvalue weighted by Gasteiger charge is 2.23. The molecule has 1 unspecified atom stereocenters. The van der Waals surface area contributed by atoms with Crippen molar-refractivity contribution in [3.8, 4) is 0 Å². The quantitative estimate of drug-likeness (QED) is 0.826. The Bertz CT molecular complexity index is 354. The molecule has 2 nitrogen and oxygen atoms in total. The molecule has 3 heteroatoms. The predicted molar refractivity (Wildman–Crippen MR) is 69.5 cm³/mol. The van der Waals surface area contributed by atoms with Crippen LogP contribution in [0.3, 0.4) is 0 Å². The smallest absolute Gasteiger partial charge is 0.0952 e. The molecule has 1 fully saturated rings. The summed E-state index contributed by atoms with van der Waals surface area (Å²) in [7, 11) is 0. The van der Waals surface area contributed by atoms with Crippen LogP contribution >= 0.6 is 15.9 Å². The average Bonchev–Trinajstić information content (AvgIpc) is 2.29. The molecule has 0 amide bonds. The van der Waals surface area contributed by atoms with Gasteiger partial charge in [-0.2, -0.15) is 0 Å². The summed E-state index contributed by atoms with van der Waals surface area (Å²) in [5, 5.41) is 0. The molecule has 1 heterocycles. The lowest BCUT2D eigenvalue weighted by molar-refractivity contribution is -0.0402. The Hall–Kier alpha value is -0.380. The van der Waals surface area contributed by atoms with Crippen LogP contribution in [-0.4, -0.2) is 30.6 Å². The van der Waals surface area contributed by atoms with E-state index in [9.17, 15) is 0 Å². The van der Waals surface area contributed by atoms with Crippen LogP contribution < -0.4 is 0 Å². The second-order valence-electron chi connectivity index (χ2n) is 4.50. The summed E-state index contributed by atoms with van der Waals surface area (Å²) < 4.78 is 6.96. The number of hydrogen-bond acceptors (Lipinski definition) is 2. The molecule has 1 aliphatic rings. The van der Waals surface area contributed by atoms with Gasteiger partial charge in [0.05, 0.1) is 12.7 Å². The highest BCUT2D eigenvalue weighted by atomic mass is 79.9. The Balaban J connectivity index is 2.09.